The first-order valence-corrected chi connectivity index (χ1v) is 5.45. The van der Waals surface area contributed by atoms with Gasteiger partial charge in [-0.05, 0) is 32.1 Å². The molecule has 2 nitrogen and oxygen atoms in total. The molecule has 1 rings (SSSR count). The van der Waals surface area contributed by atoms with E-state index in [-0.39, 0.29) is 12.1 Å². The number of hydrogen-bond donors (Lipinski definition) is 2. The average Bonchev–Trinajstić information content (AvgIpc) is 2.49. The van der Waals surface area contributed by atoms with Crippen LogP contribution in [0, 0.1) is 11.8 Å². The summed E-state index contributed by atoms with van der Waals surface area (Å²) in [6.45, 7) is 4.46. The molecular weight excluding hydrogens is 162 g/mol. The van der Waals surface area contributed by atoms with Gasteiger partial charge in [0.1, 0.15) is 0 Å². The monoisotopic (exact) mass is 185 g/mol. The Bertz CT molecular complexity index is 145. The summed E-state index contributed by atoms with van der Waals surface area (Å²) in [4.78, 5) is 0. The zero-order chi connectivity index (χ0) is 9.90. The number of aliphatic hydroxyl groups excluding tert-OH is 1. The topological polar surface area (TPSA) is 46.2 Å². The lowest BCUT2D eigenvalue weighted by Gasteiger charge is -2.35. The van der Waals surface area contributed by atoms with Crippen LogP contribution in [-0.2, 0) is 0 Å². The zero-order valence-corrected chi connectivity index (χ0v) is 8.92. The van der Waals surface area contributed by atoms with Gasteiger partial charge in [-0.15, -0.1) is 0 Å². The van der Waals surface area contributed by atoms with Gasteiger partial charge < -0.3 is 10.8 Å². The molecule has 0 amide bonds. The van der Waals surface area contributed by atoms with Crippen molar-refractivity contribution in [1.82, 2.24) is 0 Å². The highest BCUT2D eigenvalue weighted by Gasteiger charge is 2.33. The van der Waals surface area contributed by atoms with Gasteiger partial charge in [-0.25, -0.2) is 0 Å². The molecule has 0 aromatic rings. The van der Waals surface area contributed by atoms with Crippen LogP contribution >= 0.6 is 0 Å². The van der Waals surface area contributed by atoms with Crippen LogP contribution in [0.1, 0.15) is 46.0 Å². The van der Waals surface area contributed by atoms with Crippen LogP contribution in [0.3, 0.4) is 0 Å². The van der Waals surface area contributed by atoms with Gasteiger partial charge in [0.2, 0.25) is 0 Å². The Hall–Kier alpha value is -0.0800. The summed E-state index contributed by atoms with van der Waals surface area (Å²) in [6.07, 6.45) is 6.19. The molecule has 0 aliphatic heterocycles. The fourth-order valence-electron chi connectivity index (χ4n) is 2.71. The molecule has 0 radical (unpaired) electrons. The Kier molecular flexibility index (Phi) is 3.74. The third-order valence-electron chi connectivity index (χ3n) is 3.36. The first kappa shape index (κ1) is 11.0. The van der Waals surface area contributed by atoms with Crippen LogP contribution in [0.4, 0.5) is 0 Å². The molecule has 1 aliphatic carbocycles. The van der Waals surface area contributed by atoms with Crippen LogP contribution < -0.4 is 5.73 Å². The summed E-state index contributed by atoms with van der Waals surface area (Å²) in [5.41, 5.74) is 6.01. The maximum Gasteiger partial charge on any atom is 0.0434 e. The quantitative estimate of drug-likeness (QED) is 0.703. The molecule has 0 aromatic carbocycles. The summed E-state index contributed by atoms with van der Waals surface area (Å²) < 4.78 is 0. The average molecular weight is 185 g/mol. The van der Waals surface area contributed by atoms with Crippen molar-refractivity contribution >= 4 is 0 Å². The van der Waals surface area contributed by atoms with Crippen molar-refractivity contribution in [2.45, 2.75) is 51.5 Å². The van der Waals surface area contributed by atoms with E-state index < -0.39 is 0 Å². The first-order valence-electron chi connectivity index (χ1n) is 5.45. The second kappa shape index (κ2) is 4.43. The van der Waals surface area contributed by atoms with Crippen LogP contribution in [0.25, 0.3) is 0 Å². The summed E-state index contributed by atoms with van der Waals surface area (Å²) in [6, 6.07) is 0. The van der Waals surface area contributed by atoms with E-state index in [0.717, 1.165) is 12.3 Å². The van der Waals surface area contributed by atoms with E-state index in [4.69, 9.17) is 10.8 Å². The van der Waals surface area contributed by atoms with Crippen LogP contribution in [0.15, 0.2) is 0 Å². The lowest BCUT2D eigenvalue weighted by atomic mass is 9.76. The minimum Gasteiger partial charge on any atom is -0.396 e. The van der Waals surface area contributed by atoms with E-state index in [2.05, 4.69) is 13.8 Å². The van der Waals surface area contributed by atoms with E-state index in [1.807, 2.05) is 0 Å². The van der Waals surface area contributed by atoms with Gasteiger partial charge in [-0.2, -0.15) is 0 Å². The zero-order valence-electron chi connectivity index (χ0n) is 8.92. The fraction of sp³-hybridized carbons (Fsp3) is 1.00. The maximum absolute atomic E-state index is 9.00. The SMILES string of the molecule is CC(C)(N)C(CCO)C1CCCC1. The van der Waals surface area contributed by atoms with Crippen LogP contribution in [-0.4, -0.2) is 17.3 Å². The lowest BCUT2D eigenvalue weighted by molar-refractivity contribution is 0.159. The molecule has 1 aliphatic rings. The molecule has 0 saturated heterocycles. The maximum atomic E-state index is 9.00. The normalized spacial score (nSPS) is 22.2. The van der Waals surface area contributed by atoms with Crippen molar-refractivity contribution in [3.8, 4) is 0 Å². The van der Waals surface area contributed by atoms with Gasteiger partial charge in [0.05, 0.1) is 0 Å². The highest BCUT2D eigenvalue weighted by molar-refractivity contribution is 4.88. The Morgan fingerprint density at radius 2 is 1.92 bits per heavy atom. The van der Waals surface area contributed by atoms with Crippen molar-refractivity contribution in [3.63, 3.8) is 0 Å². The summed E-state index contributed by atoms with van der Waals surface area (Å²) >= 11 is 0. The van der Waals surface area contributed by atoms with Crippen molar-refractivity contribution in [3.05, 3.63) is 0 Å². The minimum absolute atomic E-state index is 0.127. The second-order valence-corrected chi connectivity index (χ2v) is 4.98. The smallest absolute Gasteiger partial charge is 0.0434 e. The molecule has 2 heteroatoms. The molecule has 13 heavy (non-hydrogen) atoms. The Balaban J connectivity index is 2.55. The van der Waals surface area contributed by atoms with Crippen molar-refractivity contribution < 1.29 is 5.11 Å². The van der Waals surface area contributed by atoms with E-state index in [0.29, 0.717) is 5.92 Å². The molecule has 0 aromatic heterocycles. The van der Waals surface area contributed by atoms with Crippen LogP contribution in [0.2, 0.25) is 0 Å². The highest BCUT2D eigenvalue weighted by atomic mass is 16.3. The first-order chi connectivity index (χ1) is 6.05. The third-order valence-corrected chi connectivity index (χ3v) is 3.36. The van der Waals surface area contributed by atoms with Gasteiger partial charge in [0.25, 0.3) is 0 Å². The van der Waals surface area contributed by atoms with E-state index in [9.17, 15) is 0 Å². The molecule has 3 N–H and O–H groups in total. The van der Waals surface area contributed by atoms with E-state index >= 15 is 0 Å². The van der Waals surface area contributed by atoms with Crippen LogP contribution in [0.5, 0.6) is 0 Å². The highest BCUT2D eigenvalue weighted by Crippen LogP contribution is 2.37. The van der Waals surface area contributed by atoms with Gasteiger partial charge in [0.15, 0.2) is 0 Å². The number of nitrogens with two attached hydrogens (primary N) is 1. The summed E-state index contributed by atoms with van der Waals surface area (Å²) in [5, 5.41) is 9.00. The van der Waals surface area contributed by atoms with E-state index in [1.165, 1.54) is 25.7 Å². The Morgan fingerprint density at radius 1 is 1.38 bits per heavy atom. The standard InChI is InChI=1S/C11H23NO/c1-11(2,12)10(7-8-13)9-5-3-4-6-9/h9-10,13H,3-8,12H2,1-2H3. The minimum atomic E-state index is -0.127. The van der Waals surface area contributed by atoms with Gasteiger partial charge in [0, 0.05) is 12.1 Å². The predicted molar refractivity (Wildman–Crippen MR) is 55.4 cm³/mol. The van der Waals surface area contributed by atoms with Gasteiger partial charge >= 0.3 is 0 Å². The number of rotatable bonds is 4. The molecular formula is C11H23NO. The molecule has 0 spiro atoms. The molecule has 1 fully saturated rings. The third kappa shape index (κ3) is 2.96. The predicted octanol–water partition coefficient (Wildman–Crippen LogP) is 1.91. The lowest BCUT2D eigenvalue weighted by Crippen LogP contribution is -2.44. The molecule has 1 atom stereocenters. The second-order valence-electron chi connectivity index (χ2n) is 4.98. The van der Waals surface area contributed by atoms with Crippen molar-refractivity contribution in [1.29, 1.82) is 0 Å². The fourth-order valence-corrected chi connectivity index (χ4v) is 2.71. The Morgan fingerprint density at radius 3 is 2.31 bits per heavy atom. The largest absolute Gasteiger partial charge is 0.396 e. The number of hydrogen-bond acceptors (Lipinski definition) is 2. The summed E-state index contributed by atoms with van der Waals surface area (Å²) in [7, 11) is 0. The molecule has 1 unspecified atom stereocenters. The van der Waals surface area contributed by atoms with Gasteiger partial charge in [-0.3, -0.25) is 0 Å². The molecule has 78 valence electrons. The summed E-state index contributed by atoms with van der Waals surface area (Å²) in [5.74, 6) is 1.26. The van der Waals surface area contributed by atoms with Gasteiger partial charge in [-0.1, -0.05) is 25.7 Å². The van der Waals surface area contributed by atoms with Crippen molar-refractivity contribution in [2.75, 3.05) is 6.61 Å². The Labute approximate surface area is 81.5 Å². The molecule has 0 bridgehead atoms. The molecule has 1 saturated carbocycles. The molecule has 0 heterocycles. The van der Waals surface area contributed by atoms with E-state index in [1.54, 1.807) is 0 Å². The number of aliphatic hydroxyl groups is 1. The van der Waals surface area contributed by atoms with Crippen molar-refractivity contribution in [2.24, 2.45) is 17.6 Å².